The van der Waals surface area contributed by atoms with E-state index in [2.05, 4.69) is 96.1 Å². The number of hydrogen-bond acceptors (Lipinski definition) is 5. The number of amides is 2. The maximum absolute atomic E-state index is 12.2. The minimum Gasteiger partial charge on any atom is -0.345 e. The number of thiocarbonyl (C=S) groups is 2. The first-order chi connectivity index (χ1) is 22.2. The minimum absolute atomic E-state index is 0.171. The fourth-order valence-corrected chi connectivity index (χ4v) is 6.56. The van der Waals surface area contributed by atoms with Gasteiger partial charge in [0.2, 0.25) is 0 Å². The zero-order chi connectivity index (χ0) is 33.1. The molecule has 0 saturated heterocycles. The monoisotopic (exact) mass is 776 g/mol. The summed E-state index contributed by atoms with van der Waals surface area (Å²) in [5, 5.41) is 8.63. The number of isothiocyanates is 1. The van der Waals surface area contributed by atoms with Crippen LogP contribution in [0, 0.1) is 0 Å². The van der Waals surface area contributed by atoms with Crippen molar-refractivity contribution in [3.8, 4) is 0 Å². The van der Waals surface area contributed by atoms with Crippen molar-refractivity contribution in [2.24, 2.45) is 4.99 Å². The normalized spacial score (nSPS) is 15.4. The number of benzene rings is 4. The summed E-state index contributed by atoms with van der Waals surface area (Å²) in [6.45, 7) is 0. The third-order valence-electron chi connectivity index (χ3n) is 7.90. The summed E-state index contributed by atoms with van der Waals surface area (Å²) in [6, 6.07) is 31.5. The van der Waals surface area contributed by atoms with Crippen LogP contribution in [0.15, 0.2) is 111 Å². The number of carbonyl (C=O) groups excluding carboxylic acids is 2. The van der Waals surface area contributed by atoms with Gasteiger partial charge in [-0.1, -0.05) is 80.4 Å². The largest absolute Gasteiger partial charge is 0.345 e. The lowest BCUT2D eigenvalue weighted by molar-refractivity contribution is 0.0970. The van der Waals surface area contributed by atoms with Gasteiger partial charge < -0.3 is 10.2 Å². The molecule has 236 valence electrons. The highest BCUT2D eigenvalue weighted by atomic mass is 79.9. The topological polar surface area (TPSA) is 73.8 Å². The van der Waals surface area contributed by atoms with Gasteiger partial charge in [0.05, 0.1) is 11.2 Å². The van der Waals surface area contributed by atoms with E-state index >= 15 is 0 Å². The second-order valence-corrected chi connectivity index (χ2v) is 13.1. The summed E-state index contributed by atoms with van der Waals surface area (Å²) in [6.07, 6.45) is 4.49. The summed E-state index contributed by atoms with van der Waals surface area (Å²) in [5.74, 6) is -0.518. The van der Waals surface area contributed by atoms with Crippen LogP contribution in [-0.2, 0) is 12.8 Å². The van der Waals surface area contributed by atoms with Crippen molar-refractivity contribution in [2.75, 3.05) is 14.1 Å². The van der Waals surface area contributed by atoms with Gasteiger partial charge in [-0.25, -0.2) is 0 Å². The molecule has 0 heterocycles. The number of aryl methyl sites for hydroxylation is 2. The molecule has 6 nitrogen and oxygen atoms in total. The molecule has 2 aliphatic carbocycles. The third-order valence-corrected chi connectivity index (χ3v) is 9.37. The lowest BCUT2D eigenvalue weighted by atomic mass is 10.1. The first-order valence-electron chi connectivity index (χ1n) is 14.8. The van der Waals surface area contributed by atoms with Crippen LogP contribution in [0.3, 0.4) is 0 Å². The van der Waals surface area contributed by atoms with E-state index in [1.54, 1.807) is 36.4 Å². The molecule has 0 aromatic heterocycles. The Hall–Kier alpha value is -3.37. The van der Waals surface area contributed by atoms with Gasteiger partial charge in [-0.2, -0.15) is 4.99 Å². The number of aliphatic imine (C=N–C) groups is 1. The van der Waals surface area contributed by atoms with Crippen LogP contribution in [0.5, 0.6) is 0 Å². The number of halogens is 2. The molecule has 2 atom stereocenters. The second kappa shape index (κ2) is 17.5. The number of rotatable bonds is 4. The molecule has 2 unspecified atom stereocenters. The summed E-state index contributed by atoms with van der Waals surface area (Å²) < 4.78 is 2.25. The minimum atomic E-state index is -0.347. The van der Waals surface area contributed by atoms with Crippen molar-refractivity contribution in [3.63, 3.8) is 0 Å². The molecule has 0 spiro atoms. The smallest absolute Gasteiger partial charge is 0.285 e. The van der Waals surface area contributed by atoms with E-state index in [0.717, 1.165) is 17.3 Å². The van der Waals surface area contributed by atoms with Crippen molar-refractivity contribution >= 4 is 78.4 Å². The quantitative estimate of drug-likeness (QED) is 0.160. The van der Waals surface area contributed by atoms with E-state index in [4.69, 9.17) is 12.2 Å². The molecule has 0 saturated carbocycles. The molecule has 2 N–H and O–H groups in total. The lowest BCUT2D eigenvalue weighted by Crippen LogP contribution is -2.41. The number of hydrogen-bond donors (Lipinski definition) is 2. The summed E-state index contributed by atoms with van der Waals surface area (Å²) in [7, 11) is 3.97. The van der Waals surface area contributed by atoms with Crippen LogP contribution >= 0.6 is 56.3 Å². The first kappa shape index (κ1) is 35.5. The predicted molar refractivity (Wildman–Crippen MR) is 200 cm³/mol. The van der Waals surface area contributed by atoms with Crippen LogP contribution in [-0.4, -0.2) is 41.1 Å². The molecule has 4 aromatic carbocycles. The van der Waals surface area contributed by atoms with Crippen molar-refractivity contribution in [1.82, 2.24) is 15.5 Å². The van der Waals surface area contributed by atoms with Crippen LogP contribution in [0.25, 0.3) is 0 Å². The van der Waals surface area contributed by atoms with Gasteiger partial charge in [0.15, 0.2) is 5.11 Å². The van der Waals surface area contributed by atoms with Crippen LogP contribution in [0.2, 0.25) is 0 Å². The first-order valence-corrected chi connectivity index (χ1v) is 17.2. The Morgan fingerprint density at radius 2 is 1.37 bits per heavy atom. The Labute approximate surface area is 298 Å². The number of nitrogens with zero attached hydrogens (tertiary/aromatic N) is 2. The Morgan fingerprint density at radius 3 is 1.96 bits per heavy atom. The van der Waals surface area contributed by atoms with E-state index in [1.165, 1.54) is 39.6 Å². The van der Waals surface area contributed by atoms with Gasteiger partial charge in [0, 0.05) is 33.2 Å². The molecule has 4 aromatic rings. The molecule has 2 amide bonds. The van der Waals surface area contributed by atoms with Gasteiger partial charge in [0.25, 0.3) is 11.8 Å². The zero-order valence-corrected chi connectivity index (χ0v) is 30.3. The van der Waals surface area contributed by atoms with E-state index in [0.29, 0.717) is 22.3 Å². The highest BCUT2D eigenvalue weighted by molar-refractivity contribution is 9.10. The molecule has 0 radical (unpaired) electrons. The van der Waals surface area contributed by atoms with Gasteiger partial charge in [-0.15, -0.1) is 0 Å². The van der Waals surface area contributed by atoms with Crippen molar-refractivity contribution in [3.05, 3.63) is 139 Å². The average Bonchev–Trinajstić information content (AvgIpc) is 3.69. The van der Waals surface area contributed by atoms with Crippen molar-refractivity contribution in [2.45, 2.75) is 37.8 Å². The molecule has 46 heavy (non-hydrogen) atoms. The van der Waals surface area contributed by atoms with Gasteiger partial charge >= 0.3 is 0 Å². The molecular formula is C36H34Br2N4O2S2. The van der Waals surface area contributed by atoms with Crippen molar-refractivity contribution in [1.29, 1.82) is 0 Å². The summed E-state index contributed by atoms with van der Waals surface area (Å²) >= 11 is 16.7. The number of nitrogens with one attached hydrogen (secondary N) is 2. The molecule has 0 fully saturated rings. The van der Waals surface area contributed by atoms with E-state index < -0.39 is 0 Å². The average molecular weight is 779 g/mol. The summed E-state index contributed by atoms with van der Waals surface area (Å²) in [5.41, 5.74) is 6.73. The molecule has 0 bridgehead atoms. The Kier molecular flexibility index (Phi) is 13.5. The third kappa shape index (κ3) is 9.58. The molecular weight excluding hydrogens is 744 g/mol. The number of carbonyl (C=O) groups is 2. The Bertz CT molecular complexity index is 1730. The van der Waals surface area contributed by atoms with Gasteiger partial charge in [-0.05, 0) is 128 Å². The highest BCUT2D eigenvalue weighted by Gasteiger charge is 2.28. The molecule has 2 aliphatic rings. The highest BCUT2D eigenvalue weighted by Crippen LogP contribution is 2.36. The second-order valence-electron chi connectivity index (χ2n) is 10.7. The van der Waals surface area contributed by atoms with E-state index in [9.17, 15) is 9.59 Å². The number of fused-ring (bicyclic) bond motifs is 2. The van der Waals surface area contributed by atoms with E-state index in [1.807, 2.05) is 48.4 Å². The fraction of sp³-hybridized carbons (Fsp3) is 0.222. The standard InChI is InChI=1S/C18H17BrN2OS.C10H12BrN.C8H5NOS/c1-21(16-10-8-12-7-9-14(19)11-15(12)16)18(23)20-17(22)13-5-3-2-4-6-13;1-12-10-5-3-7-2-4-8(11)6-9(7)10;10-8(9-6-11)7-4-2-1-3-5-7/h2-7,9,11,16H,8,10H2,1H3,(H,20,22,23);2,4,6,10,12H,3,5H2,1H3;1-5H. The predicted octanol–water partition coefficient (Wildman–Crippen LogP) is 8.67. The van der Waals surface area contributed by atoms with Crippen molar-refractivity contribution < 1.29 is 9.59 Å². The molecule has 10 heteroatoms. The van der Waals surface area contributed by atoms with E-state index in [-0.39, 0.29) is 17.9 Å². The fourth-order valence-electron chi connectivity index (χ4n) is 5.50. The molecule has 6 rings (SSSR count). The van der Waals surface area contributed by atoms with Gasteiger partial charge in [-0.3, -0.25) is 14.9 Å². The SMILES string of the molecule is CN(C(=S)NC(=O)c1ccccc1)C1CCc2ccc(Br)cc21.CNC1CCc2ccc(Br)cc21.O=C(N=C=S)c1ccccc1. The van der Waals surface area contributed by atoms with Gasteiger partial charge in [0.1, 0.15) is 0 Å². The van der Waals surface area contributed by atoms with Crippen LogP contribution in [0.1, 0.15) is 67.9 Å². The lowest BCUT2D eigenvalue weighted by Gasteiger charge is -2.28. The van der Waals surface area contributed by atoms with Crippen LogP contribution in [0.4, 0.5) is 0 Å². The maximum atomic E-state index is 12.2. The Morgan fingerprint density at radius 1 is 0.826 bits per heavy atom. The molecule has 0 aliphatic heterocycles. The zero-order valence-electron chi connectivity index (χ0n) is 25.5. The maximum Gasteiger partial charge on any atom is 0.285 e. The summed E-state index contributed by atoms with van der Waals surface area (Å²) in [4.78, 5) is 28.5. The Balaban J connectivity index is 0.000000175. The van der Waals surface area contributed by atoms with Crippen LogP contribution < -0.4 is 10.6 Å².